The van der Waals surface area contributed by atoms with Gasteiger partial charge >= 0.3 is 6.18 Å². The lowest BCUT2D eigenvalue weighted by atomic mass is 9.81. The summed E-state index contributed by atoms with van der Waals surface area (Å²) in [6.07, 6.45) is -1.63. The Balaban J connectivity index is 1.60. The van der Waals surface area contributed by atoms with Crippen LogP contribution in [0.1, 0.15) is 37.7 Å². The number of halogens is 4. The minimum atomic E-state index is -4.64. The number of benzene rings is 1. The standard InChI is InChI=1S/C18H18ClF3N2O3/c19-14-6-5-10(9-13(14)18(20,21)22)23-15(25)7-8-24-16(26)11-3-1-2-4-12(11)17(24)27/h5-6,9,11-12H,1-4,7-8H2,(H,23,25). The van der Waals surface area contributed by atoms with Crippen LogP contribution in [0.15, 0.2) is 18.2 Å². The van der Waals surface area contributed by atoms with Gasteiger partial charge in [-0.15, -0.1) is 0 Å². The third-order valence-corrected chi connectivity index (χ3v) is 5.38. The second-order valence-electron chi connectivity index (χ2n) is 6.82. The Morgan fingerprint density at radius 2 is 1.74 bits per heavy atom. The third-order valence-electron chi connectivity index (χ3n) is 5.05. The summed E-state index contributed by atoms with van der Waals surface area (Å²) in [7, 11) is 0. The molecule has 2 fully saturated rings. The van der Waals surface area contributed by atoms with Crippen LogP contribution in [-0.2, 0) is 20.6 Å². The van der Waals surface area contributed by atoms with E-state index in [1.807, 2.05) is 0 Å². The van der Waals surface area contributed by atoms with Crippen LogP contribution in [0.2, 0.25) is 5.02 Å². The first-order chi connectivity index (χ1) is 12.7. The predicted molar refractivity (Wildman–Crippen MR) is 91.9 cm³/mol. The number of anilines is 1. The van der Waals surface area contributed by atoms with E-state index < -0.39 is 22.7 Å². The van der Waals surface area contributed by atoms with Crippen LogP contribution < -0.4 is 5.32 Å². The highest BCUT2D eigenvalue weighted by Crippen LogP contribution is 2.38. The Morgan fingerprint density at radius 1 is 1.15 bits per heavy atom. The summed E-state index contributed by atoms with van der Waals surface area (Å²) in [5, 5.41) is 1.89. The summed E-state index contributed by atoms with van der Waals surface area (Å²) in [4.78, 5) is 37.9. The lowest BCUT2D eigenvalue weighted by molar-refractivity contribution is -0.140. The Hall–Kier alpha value is -2.09. The fourth-order valence-corrected chi connectivity index (χ4v) is 3.93. The van der Waals surface area contributed by atoms with Gasteiger partial charge in [-0.1, -0.05) is 24.4 Å². The molecule has 3 rings (SSSR count). The molecule has 0 spiro atoms. The average molecular weight is 403 g/mol. The predicted octanol–water partition coefficient (Wildman–Crippen LogP) is 3.86. The molecule has 2 aliphatic rings. The van der Waals surface area contributed by atoms with Gasteiger partial charge in [0.05, 0.1) is 22.4 Å². The summed E-state index contributed by atoms with van der Waals surface area (Å²) in [6.45, 7) is -0.0732. The molecule has 146 valence electrons. The van der Waals surface area contributed by atoms with Crippen molar-refractivity contribution in [2.45, 2.75) is 38.3 Å². The molecule has 0 radical (unpaired) electrons. The van der Waals surface area contributed by atoms with Crippen LogP contribution in [0.3, 0.4) is 0 Å². The Labute approximate surface area is 158 Å². The number of hydrogen-bond donors (Lipinski definition) is 1. The Kier molecular flexibility index (Phi) is 5.46. The topological polar surface area (TPSA) is 66.5 Å². The molecule has 1 N–H and O–H groups in total. The first-order valence-electron chi connectivity index (χ1n) is 8.70. The van der Waals surface area contributed by atoms with Crippen molar-refractivity contribution in [2.24, 2.45) is 11.8 Å². The van der Waals surface area contributed by atoms with E-state index in [-0.39, 0.29) is 42.3 Å². The van der Waals surface area contributed by atoms with Gasteiger partial charge < -0.3 is 5.32 Å². The van der Waals surface area contributed by atoms with E-state index in [1.165, 1.54) is 6.07 Å². The van der Waals surface area contributed by atoms with Crippen molar-refractivity contribution >= 4 is 35.0 Å². The first kappa shape index (κ1) is 19.7. The normalized spacial score (nSPS) is 22.7. The van der Waals surface area contributed by atoms with Crippen molar-refractivity contribution in [3.8, 4) is 0 Å². The van der Waals surface area contributed by atoms with Gasteiger partial charge in [-0.25, -0.2) is 0 Å². The van der Waals surface area contributed by atoms with Crippen molar-refractivity contribution in [3.05, 3.63) is 28.8 Å². The zero-order valence-electron chi connectivity index (χ0n) is 14.3. The smallest absolute Gasteiger partial charge is 0.326 e. The molecular weight excluding hydrogens is 385 g/mol. The number of likely N-dealkylation sites (tertiary alicyclic amines) is 1. The second-order valence-corrected chi connectivity index (χ2v) is 7.22. The molecule has 1 aromatic carbocycles. The zero-order valence-corrected chi connectivity index (χ0v) is 15.1. The molecule has 1 aliphatic heterocycles. The van der Waals surface area contributed by atoms with E-state index in [0.717, 1.165) is 29.9 Å². The van der Waals surface area contributed by atoms with E-state index in [9.17, 15) is 27.6 Å². The molecule has 1 aromatic rings. The monoisotopic (exact) mass is 402 g/mol. The van der Waals surface area contributed by atoms with Gasteiger partial charge in [0.1, 0.15) is 0 Å². The van der Waals surface area contributed by atoms with Crippen LogP contribution in [-0.4, -0.2) is 29.2 Å². The molecule has 1 saturated heterocycles. The van der Waals surface area contributed by atoms with Crippen molar-refractivity contribution in [3.63, 3.8) is 0 Å². The summed E-state index contributed by atoms with van der Waals surface area (Å²) in [5.74, 6) is -1.66. The number of amides is 3. The number of imide groups is 1. The minimum absolute atomic E-state index is 0.0514. The number of fused-ring (bicyclic) bond motifs is 1. The maximum atomic E-state index is 12.9. The number of nitrogens with one attached hydrogen (secondary N) is 1. The van der Waals surface area contributed by atoms with E-state index in [4.69, 9.17) is 11.6 Å². The van der Waals surface area contributed by atoms with Gasteiger partial charge in [0.15, 0.2) is 0 Å². The van der Waals surface area contributed by atoms with Crippen LogP contribution in [0.4, 0.5) is 18.9 Å². The highest BCUT2D eigenvalue weighted by Gasteiger charge is 2.47. The largest absolute Gasteiger partial charge is 0.417 e. The zero-order chi connectivity index (χ0) is 19.8. The van der Waals surface area contributed by atoms with Crippen molar-refractivity contribution in [1.29, 1.82) is 0 Å². The highest BCUT2D eigenvalue weighted by atomic mass is 35.5. The maximum absolute atomic E-state index is 12.9. The third kappa shape index (κ3) is 4.10. The van der Waals surface area contributed by atoms with E-state index in [2.05, 4.69) is 5.32 Å². The summed E-state index contributed by atoms with van der Waals surface area (Å²) >= 11 is 5.54. The SMILES string of the molecule is O=C(CCN1C(=O)C2CCCCC2C1=O)Nc1ccc(Cl)c(C(F)(F)F)c1. The van der Waals surface area contributed by atoms with E-state index in [0.29, 0.717) is 12.8 Å². The fraction of sp³-hybridized carbons (Fsp3) is 0.500. The van der Waals surface area contributed by atoms with E-state index in [1.54, 1.807) is 0 Å². The second kappa shape index (κ2) is 7.50. The molecule has 9 heteroatoms. The molecule has 0 bridgehead atoms. The molecule has 1 saturated carbocycles. The van der Waals surface area contributed by atoms with Gasteiger partial charge in [0, 0.05) is 18.7 Å². The quantitative estimate of drug-likeness (QED) is 0.778. The summed E-state index contributed by atoms with van der Waals surface area (Å²) in [5.41, 5.74) is -1.10. The fourth-order valence-electron chi connectivity index (χ4n) is 3.71. The molecule has 1 aliphatic carbocycles. The van der Waals surface area contributed by atoms with Crippen molar-refractivity contribution < 1.29 is 27.6 Å². The van der Waals surface area contributed by atoms with Gasteiger partial charge in [0.25, 0.3) is 0 Å². The number of carbonyl (C=O) groups is 3. The van der Waals surface area contributed by atoms with Gasteiger partial charge in [-0.2, -0.15) is 13.2 Å². The highest BCUT2D eigenvalue weighted by molar-refractivity contribution is 6.31. The van der Waals surface area contributed by atoms with Crippen molar-refractivity contribution in [2.75, 3.05) is 11.9 Å². The first-order valence-corrected chi connectivity index (χ1v) is 9.08. The summed E-state index contributed by atoms with van der Waals surface area (Å²) < 4.78 is 38.6. The molecule has 5 nitrogen and oxygen atoms in total. The average Bonchev–Trinajstić information content (AvgIpc) is 2.85. The van der Waals surface area contributed by atoms with Gasteiger partial charge in [-0.3, -0.25) is 19.3 Å². The van der Waals surface area contributed by atoms with Crippen molar-refractivity contribution in [1.82, 2.24) is 4.90 Å². The number of hydrogen-bond acceptors (Lipinski definition) is 3. The molecule has 3 amide bonds. The maximum Gasteiger partial charge on any atom is 0.417 e. The van der Waals surface area contributed by atoms with Gasteiger partial charge in [0.2, 0.25) is 17.7 Å². The van der Waals surface area contributed by atoms with Crippen LogP contribution in [0.5, 0.6) is 0 Å². The molecular formula is C18H18ClF3N2O3. The lowest BCUT2D eigenvalue weighted by Gasteiger charge is -2.19. The number of carbonyl (C=O) groups excluding carboxylic acids is 3. The molecule has 2 unspecified atom stereocenters. The molecule has 0 aromatic heterocycles. The number of alkyl halides is 3. The van der Waals surface area contributed by atoms with Gasteiger partial charge in [-0.05, 0) is 31.0 Å². The lowest BCUT2D eigenvalue weighted by Crippen LogP contribution is -2.34. The van der Waals surface area contributed by atoms with Crippen LogP contribution in [0.25, 0.3) is 0 Å². The minimum Gasteiger partial charge on any atom is -0.326 e. The Morgan fingerprint density at radius 3 is 2.30 bits per heavy atom. The number of rotatable bonds is 4. The molecule has 2 atom stereocenters. The van der Waals surface area contributed by atoms with E-state index >= 15 is 0 Å². The molecule has 27 heavy (non-hydrogen) atoms. The molecule has 1 heterocycles. The number of nitrogens with zero attached hydrogens (tertiary/aromatic N) is 1. The Bertz CT molecular complexity index is 758. The summed E-state index contributed by atoms with van der Waals surface area (Å²) in [6, 6.07) is 3.06. The van der Waals surface area contributed by atoms with Crippen LogP contribution >= 0.6 is 11.6 Å². The van der Waals surface area contributed by atoms with Crippen LogP contribution in [0, 0.1) is 11.8 Å².